The maximum atomic E-state index is 11.3. The van der Waals surface area contributed by atoms with E-state index in [2.05, 4.69) is 5.32 Å². The molecule has 0 aromatic carbocycles. The second-order valence-electron chi connectivity index (χ2n) is 5.01. The molecule has 0 saturated heterocycles. The Bertz CT molecular complexity index is 262. The van der Waals surface area contributed by atoms with Gasteiger partial charge in [-0.1, -0.05) is 6.92 Å². The second kappa shape index (κ2) is 11.0. The molecule has 0 aromatic heterocycles. The number of carboxylic acids is 1. The van der Waals surface area contributed by atoms with Gasteiger partial charge in [-0.2, -0.15) is 0 Å². The lowest BCUT2D eigenvalue weighted by Crippen LogP contribution is -2.51. The van der Waals surface area contributed by atoms with Crippen molar-refractivity contribution in [2.75, 3.05) is 40.1 Å². The quantitative estimate of drug-likeness (QED) is 0.498. The Balaban J connectivity index is 3.80. The monoisotopic (exact) mass is 291 g/mol. The van der Waals surface area contributed by atoms with Crippen molar-refractivity contribution < 1.29 is 24.1 Å². The van der Waals surface area contributed by atoms with Gasteiger partial charge >= 0.3 is 5.97 Å². The van der Waals surface area contributed by atoms with E-state index < -0.39 is 11.5 Å². The van der Waals surface area contributed by atoms with Crippen LogP contribution in [0.25, 0.3) is 0 Å². The molecule has 6 heteroatoms. The number of ether oxygens (including phenoxy) is 3. The Labute approximate surface area is 121 Å². The number of aliphatic carboxylic acids is 1. The molecule has 0 heterocycles. The van der Waals surface area contributed by atoms with Crippen molar-refractivity contribution in [3.8, 4) is 0 Å². The summed E-state index contributed by atoms with van der Waals surface area (Å²) in [5.74, 6) is -0.856. The molecule has 0 aromatic rings. The van der Waals surface area contributed by atoms with E-state index in [4.69, 9.17) is 14.2 Å². The topological polar surface area (TPSA) is 77.0 Å². The molecule has 0 rings (SSSR count). The zero-order chi connectivity index (χ0) is 15.4. The molecule has 2 N–H and O–H groups in total. The molecule has 0 radical (unpaired) electrons. The van der Waals surface area contributed by atoms with Crippen LogP contribution >= 0.6 is 0 Å². The molecule has 0 bridgehead atoms. The average molecular weight is 291 g/mol. The number of carboxylic acid groups (broad SMARTS) is 1. The van der Waals surface area contributed by atoms with Crippen molar-refractivity contribution in [2.24, 2.45) is 0 Å². The van der Waals surface area contributed by atoms with Gasteiger partial charge in [0.1, 0.15) is 5.54 Å². The largest absolute Gasteiger partial charge is 0.480 e. The van der Waals surface area contributed by atoms with E-state index in [9.17, 15) is 9.90 Å². The van der Waals surface area contributed by atoms with Crippen LogP contribution in [0.3, 0.4) is 0 Å². The summed E-state index contributed by atoms with van der Waals surface area (Å²) in [5.41, 5.74) is -0.951. The highest BCUT2D eigenvalue weighted by Crippen LogP contribution is 2.15. The number of likely N-dealkylation sites (N-methyl/N-ethyl adjacent to an activating group) is 1. The summed E-state index contributed by atoms with van der Waals surface area (Å²) in [6.45, 7) is 8.38. The molecule has 120 valence electrons. The Morgan fingerprint density at radius 1 is 1.30 bits per heavy atom. The van der Waals surface area contributed by atoms with E-state index >= 15 is 0 Å². The summed E-state index contributed by atoms with van der Waals surface area (Å²) in [6.07, 6.45) is 1.14. The molecule has 0 spiro atoms. The second-order valence-corrected chi connectivity index (χ2v) is 5.01. The van der Waals surface area contributed by atoms with Gasteiger partial charge in [0.05, 0.1) is 19.3 Å². The minimum absolute atomic E-state index is 0.141. The van der Waals surface area contributed by atoms with Crippen LogP contribution in [-0.4, -0.2) is 62.8 Å². The SMILES string of the molecule is CCNC(C)(CC(C)OCCOCCCOC)C(=O)O. The summed E-state index contributed by atoms with van der Waals surface area (Å²) in [5, 5.41) is 12.2. The normalized spacial score (nSPS) is 15.8. The van der Waals surface area contributed by atoms with Crippen molar-refractivity contribution in [2.45, 2.75) is 45.3 Å². The smallest absolute Gasteiger partial charge is 0.323 e. The van der Waals surface area contributed by atoms with E-state index in [1.165, 1.54) is 0 Å². The molecular weight excluding hydrogens is 262 g/mol. The third kappa shape index (κ3) is 8.47. The number of hydrogen-bond donors (Lipinski definition) is 2. The molecule has 0 aliphatic heterocycles. The number of methoxy groups -OCH3 is 1. The number of carbonyl (C=O) groups is 1. The number of nitrogens with one attached hydrogen (secondary N) is 1. The maximum absolute atomic E-state index is 11.3. The van der Waals surface area contributed by atoms with Crippen molar-refractivity contribution in [3.63, 3.8) is 0 Å². The van der Waals surface area contributed by atoms with Gasteiger partial charge in [-0.3, -0.25) is 4.79 Å². The van der Waals surface area contributed by atoms with Gasteiger partial charge in [0.25, 0.3) is 0 Å². The molecule has 20 heavy (non-hydrogen) atoms. The van der Waals surface area contributed by atoms with Crippen LogP contribution in [-0.2, 0) is 19.0 Å². The zero-order valence-electron chi connectivity index (χ0n) is 13.1. The predicted molar refractivity (Wildman–Crippen MR) is 77.1 cm³/mol. The lowest BCUT2D eigenvalue weighted by Gasteiger charge is -2.28. The highest BCUT2D eigenvalue weighted by atomic mass is 16.5. The molecule has 2 unspecified atom stereocenters. The summed E-state index contributed by atoms with van der Waals surface area (Å²) in [7, 11) is 1.66. The van der Waals surface area contributed by atoms with Crippen LogP contribution in [0, 0.1) is 0 Å². The molecule has 0 saturated carbocycles. The average Bonchev–Trinajstić information content (AvgIpc) is 2.37. The van der Waals surface area contributed by atoms with Crippen molar-refractivity contribution >= 4 is 5.97 Å². The van der Waals surface area contributed by atoms with Crippen LogP contribution in [0.15, 0.2) is 0 Å². The fourth-order valence-electron chi connectivity index (χ4n) is 1.97. The maximum Gasteiger partial charge on any atom is 0.323 e. The van der Waals surface area contributed by atoms with Gasteiger partial charge in [-0.05, 0) is 26.8 Å². The van der Waals surface area contributed by atoms with Crippen LogP contribution in [0.5, 0.6) is 0 Å². The van der Waals surface area contributed by atoms with Gasteiger partial charge in [0, 0.05) is 26.7 Å². The predicted octanol–water partition coefficient (Wildman–Crippen LogP) is 1.29. The minimum Gasteiger partial charge on any atom is -0.480 e. The van der Waals surface area contributed by atoms with E-state index in [0.29, 0.717) is 39.4 Å². The summed E-state index contributed by atoms with van der Waals surface area (Å²) < 4.78 is 15.9. The summed E-state index contributed by atoms with van der Waals surface area (Å²) >= 11 is 0. The highest BCUT2D eigenvalue weighted by molar-refractivity contribution is 5.78. The summed E-state index contributed by atoms with van der Waals surface area (Å²) in [6, 6.07) is 0. The first-order valence-corrected chi connectivity index (χ1v) is 7.13. The first-order valence-electron chi connectivity index (χ1n) is 7.13. The first-order chi connectivity index (χ1) is 9.46. The van der Waals surface area contributed by atoms with Gasteiger partial charge in [-0.15, -0.1) is 0 Å². The Morgan fingerprint density at radius 2 is 2.00 bits per heavy atom. The van der Waals surface area contributed by atoms with Crippen molar-refractivity contribution in [1.29, 1.82) is 0 Å². The van der Waals surface area contributed by atoms with E-state index in [-0.39, 0.29) is 6.10 Å². The van der Waals surface area contributed by atoms with Crippen LogP contribution in [0.2, 0.25) is 0 Å². The standard InChI is InChI=1S/C14H29NO5/c1-5-15-14(3,13(16)17)11-12(2)20-10-9-19-8-6-7-18-4/h12,15H,5-11H2,1-4H3,(H,16,17). The number of hydrogen-bond acceptors (Lipinski definition) is 5. The zero-order valence-corrected chi connectivity index (χ0v) is 13.1. The first kappa shape index (κ1) is 19.3. The summed E-state index contributed by atoms with van der Waals surface area (Å²) in [4.78, 5) is 11.3. The molecular formula is C14H29NO5. The lowest BCUT2D eigenvalue weighted by molar-refractivity contribution is -0.146. The van der Waals surface area contributed by atoms with Crippen LogP contribution < -0.4 is 5.32 Å². The fraction of sp³-hybridized carbons (Fsp3) is 0.929. The molecule has 0 aliphatic carbocycles. The third-order valence-corrected chi connectivity index (χ3v) is 3.00. The van der Waals surface area contributed by atoms with Crippen molar-refractivity contribution in [3.05, 3.63) is 0 Å². The van der Waals surface area contributed by atoms with Crippen molar-refractivity contribution in [1.82, 2.24) is 5.32 Å². The van der Waals surface area contributed by atoms with Gasteiger partial charge < -0.3 is 24.6 Å². The molecule has 0 amide bonds. The molecule has 2 atom stereocenters. The number of rotatable bonds is 13. The Hall–Kier alpha value is -0.690. The van der Waals surface area contributed by atoms with E-state index in [1.54, 1.807) is 14.0 Å². The van der Waals surface area contributed by atoms with E-state index in [1.807, 2.05) is 13.8 Å². The third-order valence-electron chi connectivity index (χ3n) is 3.00. The molecule has 0 aliphatic rings. The Morgan fingerprint density at radius 3 is 2.55 bits per heavy atom. The van der Waals surface area contributed by atoms with Gasteiger partial charge in [0.15, 0.2) is 0 Å². The van der Waals surface area contributed by atoms with Gasteiger partial charge in [0.2, 0.25) is 0 Å². The van der Waals surface area contributed by atoms with E-state index in [0.717, 1.165) is 6.42 Å². The Kier molecular flexibility index (Phi) is 10.6. The van der Waals surface area contributed by atoms with Crippen LogP contribution in [0.4, 0.5) is 0 Å². The van der Waals surface area contributed by atoms with Crippen LogP contribution in [0.1, 0.15) is 33.6 Å². The molecule has 0 fully saturated rings. The van der Waals surface area contributed by atoms with Gasteiger partial charge in [-0.25, -0.2) is 0 Å². The lowest BCUT2D eigenvalue weighted by atomic mass is 9.95. The molecule has 6 nitrogen and oxygen atoms in total. The highest BCUT2D eigenvalue weighted by Gasteiger charge is 2.33. The minimum atomic E-state index is -0.951. The fourth-order valence-corrected chi connectivity index (χ4v) is 1.97.